The van der Waals surface area contributed by atoms with Crippen molar-refractivity contribution in [3.05, 3.63) is 59.1 Å². The summed E-state index contributed by atoms with van der Waals surface area (Å²) in [6.45, 7) is -0.0441. The van der Waals surface area contributed by atoms with E-state index in [9.17, 15) is 9.59 Å². The Labute approximate surface area is 144 Å². The van der Waals surface area contributed by atoms with Crippen molar-refractivity contribution in [3.8, 4) is 11.5 Å². The van der Waals surface area contributed by atoms with Crippen LogP contribution < -0.4 is 15.8 Å². The van der Waals surface area contributed by atoms with Gasteiger partial charge in [0.05, 0.1) is 0 Å². The van der Waals surface area contributed by atoms with Gasteiger partial charge in [0.15, 0.2) is 6.61 Å². The van der Waals surface area contributed by atoms with Crippen molar-refractivity contribution in [1.82, 2.24) is 5.32 Å². The van der Waals surface area contributed by atoms with Crippen LogP contribution in [-0.4, -0.2) is 25.2 Å². The zero-order valence-corrected chi connectivity index (χ0v) is 13.6. The molecule has 0 spiro atoms. The molecule has 0 bridgehead atoms. The van der Waals surface area contributed by atoms with Gasteiger partial charge in [-0.05, 0) is 48.4 Å². The predicted molar refractivity (Wildman–Crippen MR) is 90.2 cm³/mol. The molecule has 0 aliphatic rings. The van der Waals surface area contributed by atoms with Gasteiger partial charge in [-0.15, -0.1) is 0 Å². The van der Waals surface area contributed by atoms with Crippen LogP contribution in [0.1, 0.15) is 5.56 Å². The SMILES string of the molecule is NC(=O)COC(=O)NCCc1ccc(Oc2ccc(Cl)cc2)cc1. The van der Waals surface area contributed by atoms with Gasteiger partial charge < -0.3 is 20.5 Å². The van der Waals surface area contributed by atoms with Gasteiger partial charge in [0.1, 0.15) is 11.5 Å². The number of ether oxygens (including phenoxy) is 2. The topological polar surface area (TPSA) is 90.7 Å². The van der Waals surface area contributed by atoms with E-state index in [-0.39, 0.29) is 0 Å². The summed E-state index contributed by atoms with van der Waals surface area (Å²) < 4.78 is 10.3. The number of hydrogen-bond donors (Lipinski definition) is 2. The second kappa shape index (κ2) is 8.79. The first-order valence-corrected chi connectivity index (χ1v) is 7.62. The molecule has 0 fully saturated rings. The highest BCUT2D eigenvalue weighted by molar-refractivity contribution is 6.30. The molecule has 0 aliphatic carbocycles. The first kappa shape index (κ1) is 17.6. The van der Waals surface area contributed by atoms with E-state index in [0.717, 1.165) is 5.56 Å². The summed E-state index contributed by atoms with van der Waals surface area (Å²) in [6.07, 6.45) is -0.0520. The highest BCUT2D eigenvalue weighted by Crippen LogP contribution is 2.23. The molecule has 0 heterocycles. The smallest absolute Gasteiger partial charge is 0.407 e. The Kier molecular flexibility index (Phi) is 6.45. The molecule has 3 N–H and O–H groups in total. The molecule has 0 aliphatic heterocycles. The largest absolute Gasteiger partial charge is 0.457 e. The summed E-state index contributed by atoms with van der Waals surface area (Å²) in [7, 11) is 0. The third kappa shape index (κ3) is 6.18. The second-order valence-corrected chi connectivity index (χ2v) is 5.36. The fourth-order valence-corrected chi connectivity index (χ4v) is 1.99. The van der Waals surface area contributed by atoms with E-state index in [1.54, 1.807) is 24.3 Å². The molecule has 0 aromatic heterocycles. The zero-order chi connectivity index (χ0) is 17.4. The molecule has 0 saturated carbocycles. The molecule has 2 rings (SSSR count). The van der Waals surface area contributed by atoms with E-state index in [1.165, 1.54) is 0 Å². The lowest BCUT2D eigenvalue weighted by atomic mass is 10.1. The summed E-state index contributed by atoms with van der Waals surface area (Å²) in [5.74, 6) is 0.710. The summed E-state index contributed by atoms with van der Waals surface area (Å²) >= 11 is 5.82. The van der Waals surface area contributed by atoms with E-state index in [4.69, 9.17) is 22.1 Å². The van der Waals surface area contributed by atoms with Crippen molar-refractivity contribution >= 4 is 23.6 Å². The number of hydrogen-bond acceptors (Lipinski definition) is 4. The van der Waals surface area contributed by atoms with Crippen molar-refractivity contribution < 1.29 is 19.1 Å². The molecule has 0 atom stereocenters. The van der Waals surface area contributed by atoms with Gasteiger partial charge in [0.25, 0.3) is 5.91 Å². The first-order chi connectivity index (χ1) is 11.5. The van der Waals surface area contributed by atoms with E-state index >= 15 is 0 Å². The van der Waals surface area contributed by atoms with Crippen molar-refractivity contribution in [1.29, 1.82) is 0 Å². The number of carbonyl (C=O) groups is 2. The Bertz CT molecular complexity index is 687. The number of nitrogens with one attached hydrogen (secondary N) is 1. The minimum absolute atomic E-state index is 0.384. The van der Waals surface area contributed by atoms with E-state index < -0.39 is 18.6 Å². The molecule has 2 amide bonds. The monoisotopic (exact) mass is 348 g/mol. The molecule has 0 radical (unpaired) electrons. The molecular formula is C17H17ClN2O4. The molecule has 2 aromatic rings. The van der Waals surface area contributed by atoms with E-state index in [1.807, 2.05) is 24.3 Å². The second-order valence-electron chi connectivity index (χ2n) is 4.92. The highest BCUT2D eigenvalue weighted by Gasteiger charge is 2.04. The number of amides is 2. The Hall–Kier alpha value is -2.73. The predicted octanol–water partition coefficient (Wildman–Crippen LogP) is 2.89. The normalized spacial score (nSPS) is 10.0. The zero-order valence-electron chi connectivity index (χ0n) is 12.8. The number of halogens is 1. The van der Waals surface area contributed by atoms with Crippen LogP contribution in [-0.2, 0) is 16.0 Å². The molecule has 0 unspecified atom stereocenters. The van der Waals surface area contributed by atoms with Crippen molar-refractivity contribution in [3.63, 3.8) is 0 Å². The average molecular weight is 349 g/mol. The van der Waals surface area contributed by atoms with Crippen LogP contribution in [0.3, 0.4) is 0 Å². The van der Waals surface area contributed by atoms with E-state index in [0.29, 0.717) is 29.5 Å². The quantitative estimate of drug-likeness (QED) is 0.805. The Morgan fingerprint density at radius 1 is 1.00 bits per heavy atom. The molecule has 0 saturated heterocycles. The summed E-state index contributed by atoms with van der Waals surface area (Å²) in [4.78, 5) is 21.7. The van der Waals surface area contributed by atoms with Crippen LogP contribution in [0.25, 0.3) is 0 Å². The van der Waals surface area contributed by atoms with Gasteiger partial charge in [0, 0.05) is 11.6 Å². The standard InChI is InChI=1S/C17H17ClN2O4/c18-13-3-7-15(8-4-13)24-14-5-1-12(2-6-14)9-10-20-17(22)23-11-16(19)21/h1-8H,9-11H2,(H2,19,21)(H,20,22). The lowest BCUT2D eigenvalue weighted by Crippen LogP contribution is -2.30. The van der Waals surface area contributed by atoms with Gasteiger partial charge in [0.2, 0.25) is 0 Å². The number of benzene rings is 2. The number of nitrogens with two attached hydrogens (primary N) is 1. The summed E-state index contributed by atoms with van der Waals surface area (Å²) in [6, 6.07) is 14.6. The third-order valence-corrected chi connectivity index (χ3v) is 3.25. The minimum Gasteiger partial charge on any atom is -0.457 e. The van der Waals surface area contributed by atoms with Crippen molar-refractivity contribution in [2.75, 3.05) is 13.2 Å². The lowest BCUT2D eigenvalue weighted by Gasteiger charge is -2.08. The van der Waals surface area contributed by atoms with Gasteiger partial charge in [-0.1, -0.05) is 23.7 Å². The van der Waals surface area contributed by atoms with Crippen LogP contribution in [0.15, 0.2) is 48.5 Å². The summed E-state index contributed by atoms with van der Waals surface area (Å²) in [5, 5.41) is 3.19. The fourth-order valence-electron chi connectivity index (χ4n) is 1.86. The van der Waals surface area contributed by atoms with Crippen LogP contribution in [0.2, 0.25) is 5.02 Å². The van der Waals surface area contributed by atoms with Gasteiger partial charge in [-0.2, -0.15) is 0 Å². The Morgan fingerprint density at radius 3 is 2.17 bits per heavy atom. The molecule has 126 valence electrons. The molecular weight excluding hydrogens is 332 g/mol. The molecule has 24 heavy (non-hydrogen) atoms. The number of alkyl carbamates (subject to hydrolysis) is 1. The lowest BCUT2D eigenvalue weighted by molar-refractivity contribution is -0.120. The molecule has 7 heteroatoms. The van der Waals surface area contributed by atoms with Crippen LogP contribution in [0, 0.1) is 0 Å². The average Bonchev–Trinajstić information content (AvgIpc) is 2.57. The number of primary amides is 1. The van der Waals surface area contributed by atoms with Crippen LogP contribution in [0.4, 0.5) is 4.79 Å². The maximum absolute atomic E-state index is 11.2. The first-order valence-electron chi connectivity index (χ1n) is 7.24. The number of carbonyl (C=O) groups excluding carboxylic acids is 2. The third-order valence-electron chi connectivity index (χ3n) is 3.00. The highest BCUT2D eigenvalue weighted by atomic mass is 35.5. The Morgan fingerprint density at radius 2 is 1.58 bits per heavy atom. The molecule has 6 nitrogen and oxygen atoms in total. The fraction of sp³-hybridized carbons (Fsp3) is 0.176. The van der Waals surface area contributed by atoms with Gasteiger partial charge in [-0.3, -0.25) is 4.79 Å². The Balaban J connectivity index is 1.76. The van der Waals surface area contributed by atoms with Crippen LogP contribution >= 0.6 is 11.6 Å². The maximum Gasteiger partial charge on any atom is 0.407 e. The number of rotatable bonds is 7. The van der Waals surface area contributed by atoms with Crippen molar-refractivity contribution in [2.24, 2.45) is 5.73 Å². The van der Waals surface area contributed by atoms with Crippen LogP contribution in [0.5, 0.6) is 11.5 Å². The van der Waals surface area contributed by atoms with Gasteiger partial charge >= 0.3 is 6.09 Å². The maximum atomic E-state index is 11.2. The van der Waals surface area contributed by atoms with Gasteiger partial charge in [-0.25, -0.2) is 4.79 Å². The summed E-state index contributed by atoms with van der Waals surface area (Å²) in [5.41, 5.74) is 5.90. The minimum atomic E-state index is -0.693. The molecule has 2 aromatic carbocycles. The van der Waals surface area contributed by atoms with E-state index in [2.05, 4.69) is 10.1 Å². The van der Waals surface area contributed by atoms with Crippen molar-refractivity contribution in [2.45, 2.75) is 6.42 Å².